The molecule has 0 aromatic heterocycles. The van der Waals surface area contributed by atoms with E-state index >= 15 is 0 Å². The minimum absolute atomic E-state index is 0.0139. The van der Waals surface area contributed by atoms with Crippen molar-refractivity contribution in [1.82, 2.24) is 0 Å². The topological polar surface area (TPSA) is 69.4 Å². The van der Waals surface area contributed by atoms with Crippen LogP contribution in [0.1, 0.15) is 23.1 Å². The van der Waals surface area contributed by atoms with E-state index in [4.69, 9.17) is 16.3 Å². The van der Waals surface area contributed by atoms with Crippen molar-refractivity contribution in [2.24, 2.45) is 0 Å². The first-order valence-electron chi connectivity index (χ1n) is 6.87. The maximum absolute atomic E-state index is 11.9. The number of rotatable bonds is 3. The highest BCUT2D eigenvalue weighted by Gasteiger charge is 2.40. The van der Waals surface area contributed by atoms with Crippen LogP contribution in [0.15, 0.2) is 60.7 Å². The molecule has 2 aromatic carbocycles. The Morgan fingerprint density at radius 1 is 1.04 bits per heavy atom. The number of carbonyl (C=O) groups is 1. The summed E-state index contributed by atoms with van der Waals surface area (Å²) in [6.45, 7) is 3.82. The Morgan fingerprint density at radius 3 is 2.17 bits per heavy atom. The Bertz CT molecular complexity index is 783. The van der Waals surface area contributed by atoms with Gasteiger partial charge in [-0.2, -0.15) is 0 Å². The number of nitro groups is 1. The van der Waals surface area contributed by atoms with Gasteiger partial charge in [0, 0.05) is 22.7 Å². The number of benzene rings is 2. The first kappa shape index (κ1) is 15.2. The molecule has 0 bridgehead atoms. The highest BCUT2D eigenvalue weighted by Crippen LogP contribution is 2.45. The van der Waals surface area contributed by atoms with E-state index in [0.29, 0.717) is 16.2 Å². The molecule has 0 unspecified atom stereocenters. The predicted molar refractivity (Wildman–Crippen MR) is 85.3 cm³/mol. The van der Waals surface area contributed by atoms with Crippen LogP contribution in [0.2, 0.25) is 5.02 Å². The average Bonchev–Trinajstić information content (AvgIpc) is 2.84. The summed E-state index contributed by atoms with van der Waals surface area (Å²) < 4.78 is 5.42. The lowest BCUT2D eigenvalue weighted by molar-refractivity contribution is -0.384. The fourth-order valence-corrected chi connectivity index (χ4v) is 2.79. The second kappa shape index (κ2) is 5.85. The number of hydrogen-bond acceptors (Lipinski definition) is 4. The van der Waals surface area contributed by atoms with Crippen LogP contribution in [0.25, 0.3) is 0 Å². The molecule has 0 spiro atoms. The summed E-state index contributed by atoms with van der Waals surface area (Å²) in [5.74, 6) is -0.811. The molecule has 0 amide bonds. The van der Waals surface area contributed by atoms with E-state index in [2.05, 4.69) is 6.58 Å². The molecule has 2 atom stereocenters. The van der Waals surface area contributed by atoms with Crippen LogP contribution in [0.3, 0.4) is 0 Å². The highest BCUT2D eigenvalue weighted by molar-refractivity contribution is 6.30. The lowest BCUT2D eigenvalue weighted by Crippen LogP contribution is -2.07. The Balaban J connectivity index is 1.98. The third-order valence-electron chi connectivity index (χ3n) is 3.84. The number of halogens is 1. The molecule has 116 valence electrons. The molecule has 1 fully saturated rings. The van der Waals surface area contributed by atoms with Gasteiger partial charge in [-0.05, 0) is 35.4 Å². The van der Waals surface area contributed by atoms with Crippen molar-refractivity contribution in [2.45, 2.75) is 12.0 Å². The predicted octanol–water partition coefficient (Wildman–Crippen LogP) is 4.19. The van der Waals surface area contributed by atoms with Gasteiger partial charge in [0.1, 0.15) is 6.10 Å². The van der Waals surface area contributed by atoms with Crippen LogP contribution in [0, 0.1) is 10.1 Å². The fraction of sp³-hybridized carbons (Fsp3) is 0.118. The summed E-state index contributed by atoms with van der Waals surface area (Å²) in [5, 5.41) is 11.3. The van der Waals surface area contributed by atoms with Gasteiger partial charge in [0.2, 0.25) is 0 Å². The standard InChI is InChI=1S/C17H12ClNO4/c1-10-15(11-2-6-13(18)7-3-11)16(23-17(10)20)12-4-8-14(9-5-12)19(21)22/h2-9,15-16H,1H2/t15-,16+/m1/s1. The molecule has 23 heavy (non-hydrogen) atoms. The van der Waals surface area contributed by atoms with Crippen molar-refractivity contribution in [3.63, 3.8) is 0 Å². The summed E-state index contributed by atoms with van der Waals surface area (Å²) in [4.78, 5) is 22.2. The summed E-state index contributed by atoms with van der Waals surface area (Å²) in [5.41, 5.74) is 1.88. The lowest BCUT2D eigenvalue weighted by Gasteiger charge is -2.18. The number of ether oxygens (including phenoxy) is 1. The number of non-ortho nitro benzene ring substituents is 1. The van der Waals surface area contributed by atoms with Gasteiger partial charge >= 0.3 is 5.97 Å². The molecule has 1 aliphatic heterocycles. The minimum atomic E-state index is -0.558. The lowest BCUT2D eigenvalue weighted by atomic mass is 9.86. The number of cyclic esters (lactones) is 1. The summed E-state index contributed by atoms with van der Waals surface area (Å²) >= 11 is 5.90. The van der Waals surface area contributed by atoms with Gasteiger partial charge in [0.05, 0.1) is 10.8 Å². The molecule has 5 nitrogen and oxygen atoms in total. The van der Waals surface area contributed by atoms with Crippen LogP contribution in [-0.4, -0.2) is 10.9 Å². The molecule has 2 aromatic rings. The van der Waals surface area contributed by atoms with E-state index in [1.54, 1.807) is 24.3 Å². The van der Waals surface area contributed by atoms with Crippen LogP contribution >= 0.6 is 11.6 Å². The van der Waals surface area contributed by atoms with Gasteiger partial charge in [-0.15, -0.1) is 0 Å². The quantitative estimate of drug-likeness (QED) is 0.366. The maximum atomic E-state index is 11.9. The minimum Gasteiger partial charge on any atom is -0.453 e. The molecule has 0 aliphatic carbocycles. The van der Waals surface area contributed by atoms with Gasteiger partial charge in [-0.1, -0.05) is 30.3 Å². The zero-order valence-electron chi connectivity index (χ0n) is 11.9. The molecule has 1 aliphatic rings. The normalized spacial score (nSPS) is 20.4. The second-order valence-electron chi connectivity index (χ2n) is 5.23. The molecule has 6 heteroatoms. The van der Waals surface area contributed by atoms with Crippen molar-refractivity contribution >= 4 is 23.3 Å². The van der Waals surface area contributed by atoms with E-state index in [9.17, 15) is 14.9 Å². The third-order valence-corrected chi connectivity index (χ3v) is 4.09. The summed E-state index contributed by atoms with van der Waals surface area (Å²) in [6, 6.07) is 13.1. The molecular formula is C17H12ClNO4. The van der Waals surface area contributed by atoms with E-state index in [1.807, 2.05) is 12.1 Å². The van der Waals surface area contributed by atoms with E-state index in [1.165, 1.54) is 12.1 Å². The SMILES string of the molecule is C=C1C(=O)O[C@@H](c2ccc([N+](=O)[O-])cc2)[C@H]1c1ccc(Cl)cc1. The largest absolute Gasteiger partial charge is 0.453 e. The van der Waals surface area contributed by atoms with Crippen molar-refractivity contribution in [3.8, 4) is 0 Å². The van der Waals surface area contributed by atoms with Crippen LogP contribution in [0.5, 0.6) is 0 Å². The van der Waals surface area contributed by atoms with E-state index in [0.717, 1.165) is 5.56 Å². The van der Waals surface area contributed by atoms with Crippen molar-refractivity contribution in [2.75, 3.05) is 0 Å². The maximum Gasteiger partial charge on any atom is 0.334 e. The number of nitrogens with zero attached hydrogens (tertiary/aromatic N) is 1. The monoisotopic (exact) mass is 329 g/mol. The number of hydrogen-bond donors (Lipinski definition) is 0. The number of carbonyl (C=O) groups excluding carboxylic acids is 1. The Kier molecular flexibility index (Phi) is 3.88. The molecule has 1 saturated heterocycles. The smallest absolute Gasteiger partial charge is 0.334 e. The van der Waals surface area contributed by atoms with Crippen molar-refractivity contribution < 1.29 is 14.5 Å². The van der Waals surface area contributed by atoms with Crippen molar-refractivity contribution in [3.05, 3.63) is 86.9 Å². The van der Waals surface area contributed by atoms with Gasteiger partial charge < -0.3 is 4.74 Å². The first-order valence-corrected chi connectivity index (χ1v) is 7.25. The molecule has 1 heterocycles. The van der Waals surface area contributed by atoms with Gasteiger partial charge in [-0.25, -0.2) is 4.79 Å². The zero-order valence-corrected chi connectivity index (χ0v) is 12.7. The Morgan fingerprint density at radius 2 is 1.61 bits per heavy atom. The number of nitro benzene ring substituents is 1. The van der Waals surface area contributed by atoms with Gasteiger partial charge in [0.15, 0.2) is 0 Å². The third kappa shape index (κ3) is 2.83. The number of esters is 1. The fourth-order valence-electron chi connectivity index (χ4n) is 2.66. The molecular weight excluding hydrogens is 318 g/mol. The zero-order chi connectivity index (χ0) is 16.6. The van der Waals surface area contributed by atoms with Crippen LogP contribution < -0.4 is 0 Å². The van der Waals surface area contributed by atoms with Gasteiger partial charge in [-0.3, -0.25) is 10.1 Å². The Hall–Kier alpha value is -2.66. The molecule has 0 radical (unpaired) electrons. The molecule has 3 rings (SSSR count). The first-order chi connectivity index (χ1) is 11.0. The Labute approximate surface area is 137 Å². The van der Waals surface area contributed by atoms with Crippen LogP contribution in [0.4, 0.5) is 5.69 Å². The highest BCUT2D eigenvalue weighted by atomic mass is 35.5. The second-order valence-corrected chi connectivity index (χ2v) is 5.67. The van der Waals surface area contributed by atoms with Crippen molar-refractivity contribution in [1.29, 1.82) is 0 Å². The summed E-state index contributed by atoms with van der Waals surface area (Å²) in [6.07, 6.45) is -0.558. The van der Waals surface area contributed by atoms with Gasteiger partial charge in [0.25, 0.3) is 5.69 Å². The van der Waals surface area contributed by atoms with E-state index in [-0.39, 0.29) is 11.6 Å². The van der Waals surface area contributed by atoms with Crippen LogP contribution in [-0.2, 0) is 9.53 Å². The summed E-state index contributed by atoms with van der Waals surface area (Å²) in [7, 11) is 0. The average molecular weight is 330 g/mol. The van der Waals surface area contributed by atoms with E-state index < -0.39 is 17.0 Å². The molecule has 0 N–H and O–H groups in total. The molecule has 0 saturated carbocycles.